The Hall–Kier alpha value is -1.14. The van der Waals surface area contributed by atoms with E-state index in [-0.39, 0.29) is 54.0 Å². The fraction of sp³-hybridized carbons (Fsp3) is 0.963. The van der Waals surface area contributed by atoms with Crippen LogP contribution in [0.15, 0.2) is 11.6 Å². The predicted molar refractivity (Wildman–Crippen MR) is 265 cm³/mol. The summed E-state index contributed by atoms with van der Waals surface area (Å²) in [6, 6.07) is 0. The average Bonchev–Trinajstić information content (AvgIpc) is 3.63. The molecule has 22 heteroatoms. The molecular formula is C54H92O22. The quantitative estimate of drug-likeness (QED) is 0.0763. The van der Waals surface area contributed by atoms with Crippen molar-refractivity contribution in [3.63, 3.8) is 0 Å². The Bertz CT molecular complexity index is 1950. The molecule has 22 nitrogen and oxygen atoms in total. The van der Waals surface area contributed by atoms with Gasteiger partial charge in [0.05, 0.1) is 68.7 Å². The second-order valence-electron chi connectivity index (χ2n) is 25.7. The fourth-order valence-corrected chi connectivity index (χ4v) is 15.6. The van der Waals surface area contributed by atoms with Crippen LogP contribution in [0.1, 0.15) is 120 Å². The minimum absolute atomic E-state index is 0.0356. The minimum atomic E-state index is -1.81. The van der Waals surface area contributed by atoms with Crippen LogP contribution in [0.5, 0.6) is 0 Å². The molecule has 0 aromatic carbocycles. The third-order valence-corrected chi connectivity index (χ3v) is 20.5. The summed E-state index contributed by atoms with van der Waals surface area (Å²) >= 11 is 0. The molecule has 440 valence electrons. The highest BCUT2D eigenvalue weighted by molar-refractivity contribution is 5.32. The fourth-order valence-electron chi connectivity index (χ4n) is 15.6. The zero-order valence-corrected chi connectivity index (χ0v) is 45.4. The van der Waals surface area contributed by atoms with Gasteiger partial charge in [0.25, 0.3) is 0 Å². The molecule has 8 rings (SSSR count). The van der Waals surface area contributed by atoms with Crippen LogP contribution in [0.25, 0.3) is 0 Å². The lowest BCUT2D eigenvalue weighted by Crippen LogP contribution is -2.65. The van der Waals surface area contributed by atoms with Crippen molar-refractivity contribution in [2.24, 2.45) is 45.3 Å². The van der Waals surface area contributed by atoms with Gasteiger partial charge in [-0.25, -0.2) is 0 Å². The van der Waals surface area contributed by atoms with E-state index in [1.165, 1.54) is 5.57 Å². The number of rotatable bonds is 17. The summed E-state index contributed by atoms with van der Waals surface area (Å²) in [7, 11) is 0. The molecule has 0 amide bonds. The second kappa shape index (κ2) is 23.3. The standard InChI is InChI=1S/C54H92O22/c1-24(26-15-16-52(6)35-12-10-27-28(54(35,8)36(61)19-53(26,52)7)11-14-37(50(27,2)3)74-47-43(66)41(64)39(62)33(21-56)72-47)9-13-38(51(4,5)68)75-49-45(76-48-44(67)42(65)40(63)34(22-57)73-48)30(59)17-25(70-49)23-69-46-31(60)18-29(58)32(20-55)71-46/h10,24-26,28-49,55-68H,9,11-23H2,1-8H3/t24-,25+,26?,28?,29+,30+,31-,32-,33-,34-,35?,36-,37+,38-,39-,40-,41+,42+,43-,44-,45-,46-,47+,48+,49+,52+,53-,54+/m1/s1. The van der Waals surface area contributed by atoms with E-state index in [1.54, 1.807) is 13.8 Å². The van der Waals surface area contributed by atoms with E-state index >= 15 is 0 Å². The average molecular weight is 1090 g/mol. The molecule has 14 N–H and O–H groups in total. The molecule has 0 bridgehead atoms. The zero-order valence-electron chi connectivity index (χ0n) is 45.4. The Kier molecular flexibility index (Phi) is 18.6. The van der Waals surface area contributed by atoms with Gasteiger partial charge in [-0.05, 0) is 99.7 Å². The molecule has 0 aromatic heterocycles. The van der Waals surface area contributed by atoms with Gasteiger partial charge in [-0.15, -0.1) is 0 Å². The first-order valence-corrected chi connectivity index (χ1v) is 27.8. The van der Waals surface area contributed by atoms with Crippen LogP contribution in [-0.4, -0.2) is 232 Å². The third kappa shape index (κ3) is 11.0. The van der Waals surface area contributed by atoms with Crippen molar-refractivity contribution in [2.75, 3.05) is 26.4 Å². The minimum Gasteiger partial charge on any atom is -0.394 e. The monoisotopic (exact) mass is 1090 g/mol. The lowest BCUT2D eigenvalue weighted by atomic mass is 9.38. The summed E-state index contributed by atoms with van der Waals surface area (Å²) in [4.78, 5) is 0. The molecule has 0 spiro atoms. The molecule has 4 saturated heterocycles. The Morgan fingerprint density at radius 3 is 1.83 bits per heavy atom. The van der Waals surface area contributed by atoms with E-state index in [2.05, 4.69) is 47.6 Å². The number of aliphatic hydroxyl groups excluding tert-OH is 13. The van der Waals surface area contributed by atoms with Crippen molar-refractivity contribution in [3.8, 4) is 0 Å². The maximum Gasteiger partial charge on any atom is 0.187 e. The highest BCUT2D eigenvalue weighted by atomic mass is 16.8. The molecule has 4 aliphatic carbocycles. The number of allylic oxidation sites excluding steroid dienone is 1. The lowest BCUT2D eigenvalue weighted by molar-refractivity contribution is -0.367. The molecule has 4 aliphatic heterocycles. The maximum atomic E-state index is 12.7. The van der Waals surface area contributed by atoms with Gasteiger partial charge in [-0.3, -0.25) is 0 Å². The molecule has 76 heavy (non-hydrogen) atoms. The van der Waals surface area contributed by atoms with Gasteiger partial charge in [-0.1, -0.05) is 53.2 Å². The first-order valence-electron chi connectivity index (χ1n) is 27.8. The summed E-state index contributed by atoms with van der Waals surface area (Å²) in [5, 5.41) is 150. The number of fused-ring (bicyclic) bond motifs is 5. The van der Waals surface area contributed by atoms with E-state index in [9.17, 15) is 71.5 Å². The maximum absolute atomic E-state index is 12.7. The largest absolute Gasteiger partial charge is 0.394 e. The van der Waals surface area contributed by atoms with Crippen LogP contribution in [0, 0.1) is 45.3 Å². The molecule has 3 saturated carbocycles. The third-order valence-electron chi connectivity index (χ3n) is 20.5. The van der Waals surface area contributed by atoms with Crippen LogP contribution in [0.4, 0.5) is 0 Å². The van der Waals surface area contributed by atoms with Crippen LogP contribution < -0.4 is 0 Å². The Labute approximate surface area is 445 Å². The normalized spacial score (nSPS) is 50.5. The smallest absolute Gasteiger partial charge is 0.187 e. The Balaban J connectivity index is 0.973. The number of hydrogen-bond donors (Lipinski definition) is 14. The van der Waals surface area contributed by atoms with Gasteiger partial charge < -0.3 is 109 Å². The van der Waals surface area contributed by atoms with Gasteiger partial charge in [0, 0.05) is 23.7 Å². The molecule has 3 unspecified atom stereocenters. The van der Waals surface area contributed by atoms with Crippen molar-refractivity contribution >= 4 is 0 Å². The number of hydrogen-bond acceptors (Lipinski definition) is 22. The lowest BCUT2D eigenvalue weighted by Gasteiger charge is -2.67. The molecule has 7 fully saturated rings. The Morgan fingerprint density at radius 2 is 1.24 bits per heavy atom. The van der Waals surface area contributed by atoms with Crippen molar-refractivity contribution < 1.29 is 109 Å². The van der Waals surface area contributed by atoms with Crippen molar-refractivity contribution in [1.82, 2.24) is 0 Å². The first-order chi connectivity index (χ1) is 35.6. The van der Waals surface area contributed by atoms with Gasteiger partial charge >= 0.3 is 0 Å². The van der Waals surface area contributed by atoms with E-state index in [4.69, 9.17) is 37.9 Å². The summed E-state index contributed by atoms with van der Waals surface area (Å²) in [5.74, 6) is 0.412. The highest BCUT2D eigenvalue weighted by Crippen LogP contribution is 2.75. The highest BCUT2D eigenvalue weighted by Gasteiger charge is 2.70. The SMILES string of the molecule is C[C@H](CC[C@@H](O[C@@H]1O[C@H](CO[C@@H]2O[C@H](CO)[C@@H](O)C[C@H]2O)C[C@H](O)[C@H]1O[C@@H]1O[C@H](CO)[C@@H](O)[C@H](O)[C@H]1O)C(C)(C)O)C1CC[C@@]2(C)C3CC=C4C(CC[C@H](O[C@@H]5O[C@H](CO)[C@@H](O)[C@H](O)[C@H]5O)C4(C)C)[C@]3(C)[C@H](O)C[C@]12C. The van der Waals surface area contributed by atoms with Crippen LogP contribution in [0.3, 0.4) is 0 Å². The van der Waals surface area contributed by atoms with E-state index in [0.29, 0.717) is 32.1 Å². The van der Waals surface area contributed by atoms with Crippen molar-refractivity contribution in [2.45, 2.75) is 254 Å². The molecule has 28 atom stereocenters. The van der Waals surface area contributed by atoms with E-state index < -0.39 is 165 Å². The van der Waals surface area contributed by atoms with Crippen LogP contribution in [0.2, 0.25) is 0 Å². The topological polar surface area (TPSA) is 357 Å². The van der Waals surface area contributed by atoms with Gasteiger partial charge in [0.1, 0.15) is 67.1 Å². The van der Waals surface area contributed by atoms with Gasteiger partial charge in [0.15, 0.2) is 25.2 Å². The van der Waals surface area contributed by atoms with Crippen molar-refractivity contribution in [1.29, 1.82) is 0 Å². The summed E-state index contributed by atoms with van der Waals surface area (Å²) in [6.45, 7) is 14.5. The zero-order chi connectivity index (χ0) is 55.8. The molecule has 8 aliphatic rings. The summed E-state index contributed by atoms with van der Waals surface area (Å²) < 4.78 is 48.5. The molecule has 0 aromatic rings. The van der Waals surface area contributed by atoms with Crippen LogP contribution in [-0.2, 0) is 37.9 Å². The summed E-state index contributed by atoms with van der Waals surface area (Å²) in [5.41, 5.74) is -1.80. The Morgan fingerprint density at radius 1 is 0.645 bits per heavy atom. The molecule has 4 heterocycles. The molecule has 0 radical (unpaired) electrons. The predicted octanol–water partition coefficient (Wildman–Crippen LogP) is -1.17. The first kappa shape index (κ1) is 60.9. The van der Waals surface area contributed by atoms with Gasteiger partial charge in [0.2, 0.25) is 0 Å². The summed E-state index contributed by atoms with van der Waals surface area (Å²) in [6.07, 6.45) is -19.6. The van der Waals surface area contributed by atoms with Crippen LogP contribution >= 0.6 is 0 Å². The van der Waals surface area contributed by atoms with E-state index in [0.717, 1.165) is 19.3 Å². The number of aliphatic hydroxyl groups is 14. The van der Waals surface area contributed by atoms with Crippen molar-refractivity contribution in [3.05, 3.63) is 11.6 Å². The number of ether oxygens (including phenoxy) is 8. The second-order valence-corrected chi connectivity index (χ2v) is 25.7. The molecular weight excluding hydrogens is 1000 g/mol. The van der Waals surface area contributed by atoms with E-state index in [1.807, 2.05) is 0 Å². The van der Waals surface area contributed by atoms with Gasteiger partial charge in [-0.2, -0.15) is 0 Å².